The predicted molar refractivity (Wildman–Crippen MR) is 54.8 cm³/mol. The number of nitrogens with two attached hydrogens (primary N) is 1. The average molecular weight is 250 g/mol. The molecule has 0 aromatic carbocycles. The van der Waals surface area contributed by atoms with E-state index in [2.05, 4.69) is 9.72 Å². The van der Waals surface area contributed by atoms with E-state index in [4.69, 9.17) is 10.5 Å². The van der Waals surface area contributed by atoms with E-state index >= 15 is 0 Å². The van der Waals surface area contributed by atoms with Crippen LogP contribution in [0, 0.1) is 0 Å². The molecule has 0 amide bonds. The van der Waals surface area contributed by atoms with Crippen molar-refractivity contribution in [2.24, 2.45) is 5.73 Å². The summed E-state index contributed by atoms with van der Waals surface area (Å²) in [5, 5.41) is 0. The standard InChI is InChI=1S/C10H13F3N2O2/c1-2-16-9-7(5-14)3-4-8(15-9)17-6-10(11,12)13/h3-4H,2,5-6,14H2,1H3. The Morgan fingerprint density at radius 1 is 1.29 bits per heavy atom. The molecule has 1 aromatic rings. The molecule has 0 spiro atoms. The topological polar surface area (TPSA) is 57.4 Å². The van der Waals surface area contributed by atoms with Crippen LogP contribution >= 0.6 is 0 Å². The van der Waals surface area contributed by atoms with E-state index in [1.165, 1.54) is 12.1 Å². The molecule has 2 N–H and O–H groups in total. The van der Waals surface area contributed by atoms with Crippen molar-refractivity contribution in [1.82, 2.24) is 4.98 Å². The Hall–Kier alpha value is -1.50. The molecule has 0 bridgehead atoms. The first-order valence-electron chi connectivity index (χ1n) is 4.98. The van der Waals surface area contributed by atoms with Crippen LogP contribution in [-0.4, -0.2) is 24.4 Å². The summed E-state index contributed by atoms with van der Waals surface area (Å²) >= 11 is 0. The fraction of sp³-hybridized carbons (Fsp3) is 0.500. The highest BCUT2D eigenvalue weighted by atomic mass is 19.4. The number of hydrogen-bond donors (Lipinski definition) is 1. The molecular formula is C10H13F3N2O2. The molecule has 0 aliphatic rings. The van der Waals surface area contributed by atoms with Gasteiger partial charge in [0.05, 0.1) is 6.61 Å². The largest absolute Gasteiger partial charge is 0.478 e. The molecule has 17 heavy (non-hydrogen) atoms. The number of nitrogens with zero attached hydrogens (tertiary/aromatic N) is 1. The summed E-state index contributed by atoms with van der Waals surface area (Å²) in [4.78, 5) is 3.81. The SMILES string of the molecule is CCOc1nc(OCC(F)(F)F)ccc1CN. The highest BCUT2D eigenvalue weighted by Crippen LogP contribution is 2.22. The van der Waals surface area contributed by atoms with Crippen molar-refractivity contribution in [3.8, 4) is 11.8 Å². The van der Waals surface area contributed by atoms with Gasteiger partial charge in [-0.15, -0.1) is 0 Å². The number of rotatable bonds is 5. The minimum atomic E-state index is -4.39. The second kappa shape index (κ2) is 5.72. The zero-order valence-corrected chi connectivity index (χ0v) is 9.25. The van der Waals surface area contributed by atoms with Crippen LogP contribution in [0.2, 0.25) is 0 Å². The van der Waals surface area contributed by atoms with Gasteiger partial charge in [0, 0.05) is 18.2 Å². The van der Waals surface area contributed by atoms with Crippen molar-refractivity contribution in [1.29, 1.82) is 0 Å². The lowest BCUT2D eigenvalue weighted by Gasteiger charge is -2.11. The van der Waals surface area contributed by atoms with Crippen molar-refractivity contribution in [2.45, 2.75) is 19.6 Å². The molecule has 7 heteroatoms. The first-order chi connectivity index (χ1) is 7.96. The Labute approximate surface area is 96.5 Å². The Balaban J connectivity index is 2.77. The normalized spacial score (nSPS) is 11.4. The maximum Gasteiger partial charge on any atom is 0.422 e. The summed E-state index contributed by atoms with van der Waals surface area (Å²) < 4.78 is 45.4. The zero-order valence-electron chi connectivity index (χ0n) is 9.25. The van der Waals surface area contributed by atoms with Gasteiger partial charge < -0.3 is 15.2 Å². The molecule has 0 radical (unpaired) electrons. The Kier molecular flexibility index (Phi) is 4.56. The lowest BCUT2D eigenvalue weighted by molar-refractivity contribution is -0.154. The maximum absolute atomic E-state index is 11.9. The summed E-state index contributed by atoms with van der Waals surface area (Å²) in [5.41, 5.74) is 6.05. The lowest BCUT2D eigenvalue weighted by atomic mass is 10.3. The van der Waals surface area contributed by atoms with Crippen molar-refractivity contribution in [3.05, 3.63) is 17.7 Å². The van der Waals surface area contributed by atoms with Gasteiger partial charge in [0.25, 0.3) is 0 Å². The first kappa shape index (κ1) is 13.6. The fourth-order valence-corrected chi connectivity index (χ4v) is 1.11. The van der Waals surface area contributed by atoms with Crippen LogP contribution in [0.3, 0.4) is 0 Å². The van der Waals surface area contributed by atoms with Crippen LogP contribution in [-0.2, 0) is 6.54 Å². The summed E-state index contributed by atoms with van der Waals surface area (Å²) in [7, 11) is 0. The van der Waals surface area contributed by atoms with Gasteiger partial charge >= 0.3 is 6.18 Å². The molecule has 1 rings (SSSR count). The van der Waals surface area contributed by atoms with E-state index in [1.54, 1.807) is 6.92 Å². The quantitative estimate of drug-likeness (QED) is 0.866. The molecule has 0 aliphatic carbocycles. The Morgan fingerprint density at radius 2 is 2.00 bits per heavy atom. The van der Waals surface area contributed by atoms with Crippen LogP contribution in [0.25, 0.3) is 0 Å². The highest BCUT2D eigenvalue weighted by Gasteiger charge is 2.28. The van der Waals surface area contributed by atoms with E-state index in [1.807, 2.05) is 0 Å². The average Bonchev–Trinajstić information content (AvgIpc) is 2.26. The van der Waals surface area contributed by atoms with E-state index < -0.39 is 12.8 Å². The molecule has 1 heterocycles. The summed E-state index contributed by atoms with van der Waals surface area (Å²) in [6, 6.07) is 2.86. The first-order valence-corrected chi connectivity index (χ1v) is 4.98. The van der Waals surface area contributed by atoms with Crippen molar-refractivity contribution >= 4 is 0 Å². The smallest absolute Gasteiger partial charge is 0.422 e. The second-order valence-corrected chi connectivity index (χ2v) is 3.15. The summed E-state index contributed by atoms with van der Waals surface area (Å²) in [6.45, 7) is 0.906. The minimum absolute atomic E-state index is 0.136. The van der Waals surface area contributed by atoms with Crippen LogP contribution in [0.5, 0.6) is 11.8 Å². The van der Waals surface area contributed by atoms with Gasteiger partial charge in [-0.05, 0) is 13.0 Å². The molecule has 0 saturated heterocycles. The van der Waals surface area contributed by atoms with Crippen LogP contribution in [0.4, 0.5) is 13.2 Å². The monoisotopic (exact) mass is 250 g/mol. The van der Waals surface area contributed by atoms with Crippen molar-refractivity contribution in [2.75, 3.05) is 13.2 Å². The van der Waals surface area contributed by atoms with Crippen molar-refractivity contribution < 1.29 is 22.6 Å². The summed E-state index contributed by atoms with van der Waals surface area (Å²) in [6.07, 6.45) is -4.39. The molecule has 96 valence electrons. The zero-order chi connectivity index (χ0) is 12.9. The third kappa shape index (κ3) is 4.48. The number of ether oxygens (including phenoxy) is 2. The van der Waals surface area contributed by atoms with Gasteiger partial charge in [0.1, 0.15) is 0 Å². The fourth-order valence-electron chi connectivity index (χ4n) is 1.11. The minimum Gasteiger partial charge on any atom is -0.478 e. The molecule has 1 aromatic heterocycles. The van der Waals surface area contributed by atoms with Gasteiger partial charge in [-0.25, -0.2) is 0 Å². The third-order valence-electron chi connectivity index (χ3n) is 1.80. The number of hydrogen-bond acceptors (Lipinski definition) is 4. The van der Waals surface area contributed by atoms with E-state index in [0.717, 1.165) is 0 Å². The number of pyridine rings is 1. The molecule has 0 saturated carbocycles. The van der Waals surface area contributed by atoms with E-state index in [0.29, 0.717) is 12.2 Å². The molecule has 0 aliphatic heterocycles. The van der Waals surface area contributed by atoms with Gasteiger partial charge in [0.15, 0.2) is 6.61 Å². The van der Waals surface area contributed by atoms with Crippen LogP contribution < -0.4 is 15.2 Å². The van der Waals surface area contributed by atoms with Crippen LogP contribution in [0.1, 0.15) is 12.5 Å². The van der Waals surface area contributed by atoms with Gasteiger partial charge in [0.2, 0.25) is 11.8 Å². The van der Waals surface area contributed by atoms with Gasteiger partial charge in [-0.3, -0.25) is 0 Å². The molecule has 0 atom stereocenters. The summed E-state index contributed by atoms with van der Waals surface area (Å²) in [5.74, 6) is 0.0673. The van der Waals surface area contributed by atoms with Gasteiger partial charge in [-0.2, -0.15) is 18.2 Å². The van der Waals surface area contributed by atoms with Crippen LogP contribution in [0.15, 0.2) is 12.1 Å². The second-order valence-electron chi connectivity index (χ2n) is 3.15. The van der Waals surface area contributed by atoms with E-state index in [-0.39, 0.29) is 18.3 Å². The van der Waals surface area contributed by atoms with Gasteiger partial charge in [-0.1, -0.05) is 0 Å². The third-order valence-corrected chi connectivity index (χ3v) is 1.80. The predicted octanol–water partition coefficient (Wildman–Crippen LogP) is 1.88. The molecule has 0 fully saturated rings. The lowest BCUT2D eigenvalue weighted by Crippen LogP contribution is -2.19. The van der Waals surface area contributed by atoms with E-state index in [9.17, 15) is 13.2 Å². The maximum atomic E-state index is 11.9. The Bertz CT molecular complexity index is 369. The number of halogens is 3. The number of alkyl halides is 3. The molecule has 4 nitrogen and oxygen atoms in total. The number of aromatic nitrogens is 1. The molecule has 0 unspecified atom stereocenters. The van der Waals surface area contributed by atoms with Crippen molar-refractivity contribution in [3.63, 3.8) is 0 Å². The molecular weight excluding hydrogens is 237 g/mol. The Morgan fingerprint density at radius 3 is 2.53 bits per heavy atom. The highest BCUT2D eigenvalue weighted by molar-refractivity contribution is 5.30.